The minimum atomic E-state index is -3.74. The number of hydrogen-bond acceptors (Lipinski definition) is 5. The number of nitro groups is 1. The highest BCUT2D eigenvalue weighted by Gasteiger charge is 2.16. The van der Waals surface area contributed by atoms with E-state index in [0.717, 1.165) is 0 Å². The van der Waals surface area contributed by atoms with Crippen molar-refractivity contribution in [2.45, 2.75) is 11.8 Å². The molecule has 0 atom stereocenters. The molecule has 0 aliphatic rings. The van der Waals surface area contributed by atoms with Crippen molar-refractivity contribution in [3.8, 4) is 0 Å². The van der Waals surface area contributed by atoms with E-state index in [1.165, 1.54) is 48.5 Å². The summed E-state index contributed by atoms with van der Waals surface area (Å²) in [5.41, 5.74) is 1.34. The number of nitro benzene ring substituents is 1. The van der Waals surface area contributed by atoms with Gasteiger partial charge >= 0.3 is 0 Å². The molecule has 0 aliphatic heterocycles. The van der Waals surface area contributed by atoms with Gasteiger partial charge < -0.3 is 5.32 Å². The molecule has 0 fully saturated rings. The number of rotatable bonds is 6. The van der Waals surface area contributed by atoms with Crippen LogP contribution < -0.4 is 10.0 Å². The predicted molar refractivity (Wildman–Crippen MR) is 109 cm³/mol. The molecule has 1 amide bonds. The van der Waals surface area contributed by atoms with E-state index in [-0.39, 0.29) is 21.8 Å². The highest BCUT2D eigenvalue weighted by Crippen LogP contribution is 2.22. The number of non-ortho nitro benzene ring substituents is 1. The van der Waals surface area contributed by atoms with Gasteiger partial charge in [0.05, 0.1) is 15.5 Å². The topological polar surface area (TPSA) is 118 Å². The molecule has 0 bridgehead atoms. The summed E-state index contributed by atoms with van der Waals surface area (Å²) in [7, 11) is -3.74. The number of aryl methyl sites for hydroxylation is 1. The van der Waals surface area contributed by atoms with Crippen LogP contribution in [0.5, 0.6) is 0 Å². The Morgan fingerprint density at radius 2 is 1.69 bits per heavy atom. The zero-order chi connectivity index (χ0) is 21.0. The number of hydrogen-bond donors (Lipinski definition) is 2. The fourth-order valence-electron chi connectivity index (χ4n) is 2.62. The van der Waals surface area contributed by atoms with Gasteiger partial charge in [0.1, 0.15) is 0 Å². The number of anilines is 2. The van der Waals surface area contributed by atoms with Crippen LogP contribution in [-0.2, 0) is 10.0 Å². The van der Waals surface area contributed by atoms with E-state index in [9.17, 15) is 23.3 Å². The first kappa shape index (κ1) is 20.0. The van der Waals surface area contributed by atoms with Crippen LogP contribution >= 0.6 is 0 Å². The van der Waals surface area contributed by atoms with Crippen LogP contribution in [0.15, 0.2) is 77.7 Å². The third-order valence-corrected chi connectivity index (χ3v) is 5.48. The fourth-order valence-corrected chi connectivity index (χ4v) is 3.78. The lowest BCUT2D eigenvalue weighted by Crippen LogP contribution is -2.15. The quantitative estimate of drug-likeness (QED) is 0.470. The molecule has 8 nitrogen and oxygen atoms in total. The van der Waals surface area contributed by atoms with Crippen molar-refractivity contribution in [3.63, 3.8) is 0 Å². The Balaban J connectivity index is 1.78. The zero-order valence-electron chi connectivity index (χ0n) is 15.3. The predicted octanol–water partition coefficient (Wildman–Crippen LogP) is 3.96. The van der Waals surface area contributed by atoms with Crippen molar-refractivity contribution in [1.29, 1.82) is 0 Å². The smallest absolute Gasteiger partial charge is 0.271 e. The fraction of sp³-hybridized carbons (Fsp3) is 0.0500. The monoisotopic (exact) mass is 411 g/mol. The summed E-state index contributed by atoms with van der Waals surface area (Å²) >= 11 is 0. The number of carbonyl (C=O) groups excluding carboxylic acids is 1. The molecule has 0 saturated heterocycles. The van der Waals surface area contributed by atoms with Crippen molar-refractivity contribution in [3.05, 3.63) is 94.0 Å². The normalized spacial score (nSPS) is 10.9. The SMILES string of the molecule is Cc1cc(C(=O)Nc2cccc([N+](=O)[O-])c2)ccc1NS(=O)(=O)c1ccccc1. The largest absolute Gasteiger partial charge is 0.322 e. The molecule has 0 heterocycles. The Hall–Kier alpha value is -3.72. The van der Waals surface area contributed by atoms with Gasteiger partial charge in [0.15, 0.2) is 0 Å². The van der Waals surface area contributed by atoms with Crippen molar-refractivity contribution in [1.82, 2.24) is 0 Å². The van der Waals surface area contributed by atoms with E-state index in [4.69, 9.17) is 0 Å². The molecular weight excluding hydrogens is 394 g/mol. The Morgan fingerprint density at radius 3 is 2.34 bits per heavy atom. The van der Waals surface area contributed by atoms with Gasteiger partial charge in [0.2, 0.25) is 0 Å². The van der Waals surface area contributed by atoms with Gasteiger partial charge in [-0.2, -0.15) is 0 Å². The van der Waals surface area contributed by atoms with Crippen molar-refractivity contribution < 1.29 is 18.1 Å². The van der Waals surface area contributed by atoms with Crippen LogP contribution in [0.1, 0.15) is 15.9 Å². The molecular formula is C20H17N3O5S. The van der Waals surface area contributed by atoms with E-state index in [1.54, 1.807) is 31.2 Å². The number of nitrogens with zero attached hydrogens (tertiary/aromatic N) is 1. The van der Waals surface area contributed by atoms with Gasteiger partial charge in [0, 0.05) is 23.4 Å². The van der Waals surface area contributed by atoms with Crippen molar-refractivity contribution >= 4 is 33.0 Å². The summed E-state index contributed by atoms with van der Waals surface area (Å²) in [5, 5.41) is 13.4. The van der Waals surface area contributed by atoms with E-state index >= 15 is 0 Å². The van der Waals surface area contributed by atoms with Gasteiger partial charge in [-0.05, 0) is 48.9 Å². The summed E-state index contributed by atoms with van der Waals surface area (Å²) < 4.78 is 27.4. The number of carbonyl (C=O) groups is 1. The Bertz CT molecular complexity index is 1180. The summed E-state index contributed by atoms with van der Waals surface area (Å²) in [6.45, 7) is 1.67. The number of benzene rings is 3. The average molecular weight is 411 g/mol. The Morgan fingerprint density at radius 1 is 0.966 bits per heavy atom. The molecule has 0 aliphatic carbocycles. The minimum Gasteiger partial charge on any atom is -0.322 e. The maximum Gasteiger partial charge on any atom is 0.271 e. The molecule has 0 saturated carbocycles. The maximum atomic E-state index is 12.5. The third kappa shape index (κ3) is 4.77. The summed E-state index contributed by atoms with van der Waals surface area (Å²) in [5.74, 6) is -0.467. The first-order chi connectivity index (χ1) is 13.8. The van der Waals surface area contributed by atoms with Gasteiger partial charge in [-0.1, -0.05) is 24.3 Å². The highest BCUT2D eigenvalue weighted by molar-refractivity contribution is 7.92. The van der Waals surface area contributed by atoms with Crippen LogP contribution in [0, 0.1) is 17.0 Å². The highest BCUT2D eigenvalue weighted by atomic mass is 32.2. The molecule has 0 unspecified atom stereocenters. The van der Waals surface area contributed by atoms with Gasteiger partial charge in [-0.15, -0.1) is 0 Å². The molecule has 3 aromatic carbocycles. The molecule has 0 spiro atoms. The van der Waals surface area contributed by atoms with Crippen LogP contribution in [0.2, 0.25) is 0 Å². The second-order valence-corrected chi connectivity index (χ2v) is 7.89. The Labute approximate surface area is 167 Å². The van der Waals surface area contributed by atoms with Crippen molar-refractivity contribution in [2.24, 2.45) is 0 Å². The Kier molecular flexibility index (Phi) is 5.60. The standard InChI is InChI=1S/C20H17N3O5S/c1-14-12-15(20(24)21-16-6-5-7-17(13-16)23(25)26)10-11-19(14)22-29(27,28)18-8-3-2-4-9-18/h2-13,22H,1H3,(H,21,24). The number of nitrogens with one attached hydrogen (secondary N) is 2. The molecule has 29 heavy (non-hydrogen) atoms. The van der Waals surface area contributed by atoms with Crippen molar-refractivity contribution in [2.75, 3.05) is 10.0 Å². The zero-order valence-corrected chi connectivity index (χ0v) is 16.1. The average Bonchev–Trinajstić information content (AvgIpc) is 2.70. The van der Waals surface area contributed by atoms with Crippen LogP contribution in [-0.4, -0.2) is 19.2 Å². The van der Waals surface area contributed by atoms with Gasteiger partial charge in [-0.25, -0.2) is 8.42 Å². The first-order valence-electron chi connectivity index (χ1n) is 8.50. The molecule has 9 heteroatoms. The summed E-state index contributed by atoms with van der Waals surface area (Å²) in [4.78, 5) is 22.9. The molecule has 3 aromatic rings. The van der Waals surface area contributed by atoms with E-state index < -0.39 is 20.9 Å². The molecule has 148 valence electrons. The van der Waals surface area contributed by atoms with Gasteiger partial charge in [-0.3, -0.25) is 19.6 Å². The third-order valence-electron chi connectivity index (χ3n) is 4.10. The second kappa shape index (κ2) is 8.11. The first-order valence-corrected chi connectivity index (χ1v) is 9.99. The lowest BCUT2D eigenvalue weighted by atomic mass is 10.1. The van der Waals surface area contributed by atoms with E-state index in [1.807, 2.05) is 0 Å². The lowest BCUT2D eigenvalue weighted by molar-refractivity contribution is -0.384. The number of amides is 1. The lowest BCUT2D eigenvalue weighted by Gasteiger charge is -2.12. The number of sulfonamides is 1. The molecule has 0 radical (unpaired) electrons. The van der Waals surface area contributed by atoms with Crippen LogP contribution in [0.25, 0.3) is 0 Å². The van der Waals surface area contributed by atoms with Crippen LogP contribution in [0.4, 0.5) is 17.1 Å². The summed E-state index contributed by atoms with van der Waals surface area (Å²) in [6, 6.07) is 18.1. The van der Waals surface area contributed by atoms with E-state index in [2.05, 4.69) is 10.0 Å². The minimum absolute atomic E-state index is 0.131. The van der Waals surface area contributed by atoms with Gasteiger partial charge in [0.25, 0.3) is 21.6 Å². The molecule has 2 N–H and O–H groups in total. The molecule has 0 aromatic heterocycles. The van der Waals surface area contributed by atoms with Crippen LogP contribution in [0.3, 0.4) is 0 Å². The maximum absolute atomic E-state index is 12.5. The second-order valence-electron chi connectivity index (χ2n) is 6.21. The van der Waals surface area contributed by atoms with E-state index in [0.29, 0.717) is 11.3 Å². The molecule has 3 rings (SSSR count). The summed E-state index contributed by atoms with van der Waals surface area (Å²) in [6.07, 6.45) is 0.